The minimum atomic E-state index is 0.135. The Labute approximate surface area is 93.8 Å². The Morgan fingerprint density at radius 3 is 2.87 bits per heavy atom. The number of nitrogens with one attached hydrogen (secondary N) is 1. The van der Waals surface area contributed by atoms with Crippen LogP contribution in [0.5, 0.6) is 0 Å². The Kier molecular flexibility index (Phi) is 6.22. The number of methoxy groups -OCH3 is 1. The molecule has 3 unspecified atom stereocenters. The quantitative estimate of drug-likeness (QED) is 0.682. The fourth-order valence-electron chi connectivity index (χ4n) is 2.28. The molecule has 0 amide bonds. The van der Waals surface area contributed by atoms with Gasteiger partial charge in [0, 0.05) is 25.7 Å². The molecule has 3 atom stereocenters. The van der Waals surface area contributed by atoms with Crippen LogP contribution in [0.25, 0.3) is 0 Å². The van der Waals surface area contributed by atoms with Crippen LogP contribution in [-0.2, 0) is 4.74 Å². The summed E-state index contributed by atoms with van der Waals surface area (Å²) in [6.45, 7) is 3.89. The maximum atomic E-state index is 5.88. The molecule has 0 saturated heterocycles. The highest BCUT2D eigenvalue weighted by molar-refractivity contribution is 4.75. The minimum Gasteiger partial charge on any atom is -0.383 e. The largest absolute Gasteiger partial charge is 0.383 e. The highest BCUT2D eigenvalue weighted by atomic mass is 16.5. The Morgan fingerprint density at radius 1 is 1.33 bits per heavy atom. The number of hydrogen-bond donors (Lipinski definition) is 2. The van der Waals surface area contributed by atoms with Crippen LogP contribution in [0.4, 0.5) is 0 Å². The van der Waals surface area contributed by atoms with Gasteiger partial charge in [-0.05, 0) is 25.2 Å². The van der Waals surface area contributed by atoms with E-state index in [2.05, 4.69) is 12.2 Å². The number of hydrogen-bond acceptors (Lipinski definition) is 3. The Morgan fingerprint density at radius 2 is 2.13 bits per heavy atom. The van der Waals surface area contributed by atoms with E-state index in [0.29, 0.717) is 12.6 Å². The molecule has 3 N–H and O–H groups in total. The van der Waals surface area contributed by atoms with E-state index in [9.17, 15) is 0 Å². The third kappa shape index (κ3) is 5.50. The lowest BCUT2D eigenvalue weighted by molar-refractivity contribution is 0.177. The second kappa shape index (κ2) is 7.20. The zero-order valence-electron chi connectivity index (χ0n) is 10.2. The first kappa shape index (κ1) is 12.9. The third-order valence-electron chi connectivity index (χ3n) is 3.31. The Hall–Kier alpha value is -0.120. The molecule has 0 aromatic rings. The summed E-state index contributed by atoms with van der Waals surface area (Å²) < 4.78 is 5.02. The summed E-state index contributed by atoms with van der Waals surface area (Å²) in [6, 6.07) is 0.813. The highest BCUT2D eigenvalue weighted by Gasteiger charge is 2.16. The second-order valence-electron chi connectivity index (χ2n) is 4.93. The zero-order chi connectivity index (χ0) is 11.1. The van der Waals surface area contributed by atoms with Gasteiger partial charge in [-0.25, -0.2) is 0 Å². The molecule has 0 heterocycles. The fraction of sp³-hybridized carbons (Fsp3) is 1.00. The predicted molar refractivity (Wildman–Crippen MR) is 63.9 cm³/mol. The smallest absolute Gasteiger partial charge is 0.0626 e. The van der Waals surface area contributed by atoms with Crippen LogP contribution in [0.15, 0.2) is 0 Å². The molecule has 1 fully saturated rings. The summed E-state index contributed by atoms with van der Waals surface area (Å²) in [6.07, 6.45) is 6.72. The Bertz CT molecular complexity index is 164. The van der Waals surface area contributed by atoms with Gasteiger partial charge in [0.1, 0.15) is 0 Å². The van der Waals surface area contributed by atoms with Crippen LogP contribution in [0.1, 0.15) is 39.0 Å². The molecule has 1 rings (SSSR count). The van der Waals surface area contributed by atoms with Gasteiger partial charge in [-0.3, -0.25) is 0 Å². The summed E-state index contributed by atoms with van der Waals surface area (Å²) in [5, 5.41) is 3.56. The van der Waals surface area contributed by atoms with Crippen molar-refractivity contribution in [2.75, 3.05) is 20.3 Å². The van der Waals surface area contributed by atoms with E-state index >= 15 is 0 Å². The van der Waals surface area contributed by atoms with Gasteiger partial charge in [-0.15, -0.1) is 0 Å². The number of nitrogens with two attached hydrogens (primary N) is 1. The molecule has 0 bridgehead atoms. The molecule has 3 nitrogen and oxygen atoms in total. The van der Waals surface area contributed by atoms with Crippen molar-refractivity contribution in [3.63, 3.8) is 0 Å². The first-order valence-corrected chi connectivity index (χ1v) is 6.20. The maximum absolute atomic E-state index is 5.88. The van der Waals surface area contributed by atoms with Gasteiger partial charge < -0.3 is 15.8 Å². The fourth-order valence-corrected chi connectivity index (χ4v) is 2.28. The van der Waals surface area contributed by atoms with Crippen LogP contribution >= 0.6 is 0 Å². The van der Waals surface area contributed by atoms with Crippen molar-refractivity contribution in [2.45, 2.75) is 51.1 Å². The topological polar surface area (TPSA) is 47.3 Å². The van der Waals surface area contributed by atoms with Gasteiger partial charge >= 0.3 is 0 Å². The monoisotopic (exact) mass is 214 g/mol. The highest BCUT2D eigenvalue weighted by Crippen LogP contribution is 2.22. The number of rotatable bonds is 5. The zero-order valence-corrected chi connectivity index (χ0v) is 10.2. The van der Waals surface area contributed by atoms with Crippen LogP contribution in [-0.4, -0.2) is 32.3 Å². The molecule has 0 radical (unpaired) electrons. The molecule has 1 aliphatic carbocycles. The molecule has 0 aromatic carbocycles. The second-order valence-corrected chi connectivity index (χ2v) is 4.93. The van der Waals surface area contributed by atoms with E-state index in [-0.39, 0.29) is 6.04 Å². The van der Waals surface area contributed by atoms with Gasteiger partial charge in [0.25, 0.3) is 0 Å². The van der Waals surface area contributed by atoms with E-state index < -0.39 is 0 Å². The van der Waals surface area contributed by atoms with Crippen LogP contribution < -0.4 is 11.1 Å². The molecular formula is C12H26N2O. The number of ether oxygens (including phenoxy) is 1. The molecule has 0 aromatic heterocycles. The van der Waals surface area contributed by atoms with Gasteiger partial charge in [0.05, 0.1) is 6.61 Å². The lowest BCUT2D eigenvalue weighted by atomic mass is 10.0. The van der Waals surface area contributed by atoms with Gasteiger partial charge in [-0.2, -0.15) is 0 Å². The van der Waals surface area contributed by atoms with Crippen LogP contribution in [0.3, 0.4) is 0 Å². The van der Waals surface area contributed by atoms with Crippen molar-refractivity contribution in [2.24, 2.45) is 11.7 Å². The molecule has 0 aliphatic heterocycles. The third-order valence-corrected chi connectivity index (χ3v) is 3.31. The first-order chi connectivity index (χ1) is 7.22. The minimum absolute atomic E-state index is 0.135. The van der Waals surface area contributed by atoms with Crippen molar-refractivity contribution in [1.82, 2.24) is 5.32 Å². The van der Waals surface area contributed by atoms with Crippen molar-refractivity contribution in [3.05, 3.63) is 0 Å². The summed E-state index contributed by atoms with van der Waals surface area (Å²) in [4.78, 5) is 0. The molecule has 1 saturated carbocycles. The molecular weight excluding hydrogens is 188 g/mol. The van der Waals surface area contributed by atoms with E-state index in [4.69, 9.17) is 10.5 Å². The Balaban J connectivity index is 2.14. The van der Waals surface area contributed by atoms with Crippen molar-refractivity contribution in [3.8, 4) is 0 Å². The average molecular weight is 214 g/mol. The van der Waals surface area contributed by atoms with Crippen molar-refractivity contribution < 1.29 is 4.74 Å². The molecule has 90 valence electrons. The van der Waals surface area contributed by atoms with E-state index in [0.717, 1.165) is 12.5 Å². The van der Waals surface area contributed by atoms with E-state index in [1.165, 1.54) is 32.1 Å². The SMILES string of the molecule is COCC(N)CNC1CCCC(C)CC1. The lowest BCUT2D eigenvalue weighted by Gasteiger charge is -2.19. The van der Waals surface area contributed by atoms with Crippen LogP contribution in [0, 0.1) is 5.92 Å². The van der Waals surface area contributed by atoms with Gasteiger partial charge in [0.15, 0.2) is 0 Å². The van der Waals surface area contributed by atoms with Crippen molar-refractivity contribution in [1.29, 1.82) is 0 Å². The lowest BCUT2D eigenvalue weighted by Crippen LogP contribution is -2.41. The predicted octanol–water partition coefficient (Wildman–Crippen LogP) is 1.52. The summed E-state index contributed by atoms with van der Waals surface area (Å²) in [5.74, 6) is 0.907. The summed E-state index contributed by atoms with van der Waals surface area (Å²) >= 11 is 0. The van der Waals surface area contributed by atoms with Gasteiger partial charge in [-0.1, -0.05) is 19.8 Å². The van der Waals surface area contributed by atoms with E-state index in [1.54, 1.807) is 7.11 Å². The van der Waals surface area contributed by atoms with Crippen LogP contribution in [0.2, 0.25) is 0 Å². The summed E-state index contributed by atoms with van der Waals surface area (Å²) in [7, 11) is 1.70. The average Bonchev–Trinajstić information content (AvgIpc) is 2.41. The normalized spacial score (nSPS) is 29.8. The summed E-state index contributed by atoms with van der Waals surface area (Å²) in [5.41, 5.74) is 5.88. The maximum Gasteiger partial charge on any atom is 0.0626 e. The molecule has 0 spiro atoms. The van der Waals surface area contributed by atoms with Gasteiger partial charge in [0.2, 0.25) is 0 Å². The standard InChI is InChI=1S/C12H26N2O/c1-10-4-3-5-12(7-6-10)14-8-11(13)9-15-2/h10-12,14H,3-9,13H2,1-2H3. The first-order valence-electron chi connectivity index (χ1n) is 6.20. The van der Waals surface area contributed by atoms with E-state index in [1.807, 2.05) is 0 Å². The molecule has 3 heteroatoms. The molecule has 15 heavy (non-hydrogen) atoms. The molecule has 1 aliphatic rings. The van der Waals surface area contributed by atoms with Crippen molar-refractivity contribution >= 4 is 0 Å².